The highest BCUT2D eigenvalue weighted by Gasteiger charge is 2.24. The van der Waals surface area contributed by atoms with E-state index in [-0.39, 0.29) is 30.5 Å². The monoisotopic (exact) mass is 697 g/mol. The molecule has 1 saturated carbocycles. The molecule has 1 aliphatic carbocycles. The van der Waals surface area contributed by atoms with Crippen LogP contribution in [0.25, 0.3) is 33.5 Å². The number of hydrogen-bond donors (Lipinski definition) is 1. The maximum Gasteiger partial charge on any atom is 0.335 e. The lowest BCUT2D eigenvalue weighted by Crippen LogP contribution is -2.37. The molecule has 9 heteroatoms. The number of hydrogen-bond acceptors (Lipinski definition) is 4. The van der Waals surface area contributed by atoms with E-state index in [1.807, 2.05) is 77.7 Å². The molecule has 1 amide bonds. The third kappa shape index (κ3) is 7.48. The van der Waals surface area contributed by atoms with Gasteiger partial charge in [0, 0.05) is 35.3 Å². The van der Waals surface area contributed by atoms with Crippen LogP contribution in [0.3, 0.4) is 0 Å². The minimum atomic E-state index is -0.956. The summed E-state index contributed by atoms with van der Waals surface area (Å²) in [7, 11) is 0. The van der Waals surface area contributed by atoms with Crippen LogP contribution in [0.15, 0.2) is 84.9 Å². The van der Waals surface area contributed by atoms with E-state index in [0.717, 1.165) is 72.4 Å². The normalized spacial score (nSPS) is 15.6. The molecule has 2 fully saturated rings. The number of nitrogens with zero attached hydrogens (tertiary/aromatic N) is 3. The summed E-state index contributed by atoms with van der Waals surface area (Å²) in [5.41, 5.74) is 6.44. The minimum Gasteiger partial charge on any atom is -0.489 e. The second kappa shape index (κ2) is 15.1. The Balaban J connectivity index is 0.00000417. The number of carbonyl (C=O) groups excluding carboxylic acids is 1. The zero-order valence-electron chi connectivity index (χ0n) is 27.6. The first-order chi connectivity index (χ1) is 23.3. The summed E-state index contributed by atoms with van der Waals surface area (Å²) in [6, 6.07) is 27.1. The summed E-state index contributed by atoms with van der Waals surface area (Å²) in [5, 5.41) is 10.2. The number of piperidine rings is 1. The van der Waals surface area contributed by atoms with Crippen molar-refractivity contribution in [3.8, 4) is 28.3 Å². The van der Waals surface area contributed by atoms with Gasteiger partial charge in [-0.2, -0.15) is 0 Å². The van der Waals surface area contributed by atoms with Gasteiger partial charge >= 0.3 is 5.97 Å². The average molecular weight is 699 g/mol. The van der Waals surface area contributed by atoms with Crippen LogP contribution in [-0.2, 0) is 6.61 Å². The highest BCUT2D eigenvalue weighted by atomic mass is 35.5. The van der Waals surface area contributed by atoms with E-state index in [4.69, 9.17) is 21.3 Å². The number of halogens is 2. The van der Waals surface area contributed by atoms with Crippen LogP contribution in [0.2, 0.25) is 5.02 Å². The fraction of sp³-hybridized carbons (Fsp3) is 0.325. The predicted octanol–water partition coefficient (Wildman–Crippen LogP) is 10.1. The van der Waals surface area contributed by atoms with Crippen molar-refractivity contribution in [1.29, 1.82) is 0 Å². The van der Waals surface area contributed by atoms with E-state index in [2.05, 4.69) is 11.5 Å². The highest BCUT2D eigenvalue weighted by Crippen LogP contribution is 2.37. The SMILES string of the molecule is CC1CCN(C(=O)c2ccc(-c3ccc(Cl)cc3)c(COc3ccc(-c4nc5cc(C(=O)O)ccc5n4C4CCCCC4)cc3)c2)CC1.Cl. The average Bonchev–Trinajstić information content (AvgIpc) is 3.50. The fourth-order valence-electron chi connectivity index (χ4n) is 7.16. The van der Waals surface area contributed by atoms with Gasteiger partial charge in [0.2, 0.25) is 0 Å². The first kappa shape index (κ1) is 34.5. The molecule has 5 aromatic rings. The molecule has 49 heavy (non-hydrogen) atoms. The standard InChI is InChI=1S/C40H40ClN3O4.ClH/c1-26-19-21-43(22-20-26)39(45)29-11-17-35(27-7-13-32(41)14-8-27)31(23-29)25-48-34-15-9-28(10-16-34)38-42-36-24-30(40(46)47)12-18-37(36)44(38)33-5-3-2-4-6-33;/h7-18,23-24,26,33H,2-6,19-22,25H2,1H3,(H,46,47);1H. The Morgan fingerprint density at radius 1 is 0.837 bits per heavy atom. The van der Waals surface area contributed by atoms with Gasteiger partial charge in [-0.1, -0.05) is 56.0 Å². The lowest BCUT2D eigenvalue weighted by Gasteiger charge is -2.30. The summed E-state index contributed by atoms with van der Waals surface area (Å²) in [6.07, 6.45) is 7.80. The Morgan fingerprint density at radius 3 is 2.20 bits per heavy atom. The minimum absolute atomic E-state index is 0. The summed E-state index contributed by atoms with van der Waals surface area (Å²) in [5.74, 6) is 1.30. The third-order valence-corrected chi connectivity index (χ3v) is 10.2. The molecule has 254 valence electrons. The van der Waals surface area contributed by atoms with Crippen molar-refractivity contribution in [3.05, 3.63) is 107 Å². The largest absolute Gasteiger partial charge is 0.489 e. The molecule has 4 aromatic carbocycles. The topological polar surface area (TPSA) is 84.7 Å². The Kier molecular flexibility index (Phi) is 10.6. The molecule has 1 aromatic heterocycles. The third-order valence-electron chi connectivity index (χ3n) is 9.96. The summed E-state index contributed by atoms with van der Waals surface area (Å²) in [4.78, 5) is 32.1. The molecule has 1 saturated heterocycles. The van der Waals surface area contributed by atoms with Gasteiger partial charge in [-0.05, 0) is 115 Å². The van der Waals surface area contributed by atoms with E-state index in [1.165, 1.54) is 19.3 Å². The van der Waals surface area contributed by atoms with E-state index in [0.29, 0.717) is 33.8 Å². The highest BCUT2D eigenvalue weighted by molar-refractivity contribution is 6.30. The molecule has 2 heterocycles. The lowest BCUT2D eigenvalue weighted by atomic mass is 9.95. The molecule has 7 rings (SSSR count). The number of rotatable bonds is 8. The maximum atomic E-state index is 13.5. The van der Waals surface area contributed by atoms with E-state index >= 15 is 0 Å². The first-order valence-electron chi connectivity index (χ1n) is 17.0. The van der Waals surface area contributed by atoms with Crippen molar-refractivity contribution in [1.82, 2.24) is 14.5 Å². The number of fused-ring (bicyclic) bond motifs is 1. The smallest absolute Gasteiger partial charge is 0.335 e. The second-order valence-electron chi connectivity index (χ2n) is 13.3. The molecule has 1 aliphatic heterocycles. The molecule has 0 atom stereocenters. The van der Waals surface area contributed by atoms with Crippen LogP contribution in [0.5, 0.6) is 5.75 Å². The van der Waals surface area contributed by atoms with Gasteiger partial charge in [-0.3, -0.25) is 4.79 Å². The van der Waals surface area contributed by atoms with Crippen molar-refractivity contribution in [3.63, 3.8) is 0 Å². The lowest BCUT2D eigenvalue weighted by molar-refractivity contribution is 0.0688. The molecular weight excluding hydrogens is 657 g/mol. The second-order valence-corrected chi connectivity index (χ2v) is 13.7. The summed E-state index contributed by atoms with van der Waals surface area (Å²) in [6.45, 7) is 4.10. The molecule has 1 N–H and O–H groups in total. The number of likely N-dealkylation sites (tertiary alicyclic amines) is 1. The Hall–Kier alpha value is -4.33. The number of ether oxygens (including phenoxy) is 1. The van der Waals surface area contributed by atoms with Gasteiger partial charge in [-0.15, -0.1) is 12.4 Å². The van der Waals surface area contributed by atoms with Crippen LogP contribution in [0.4, 0.5) is 0 Å². The quantitative estimate of drug-likeness (QED) is 0.174. The zero-order valence-corrected chi connectivity index (χ0v) is 29.2. The van der Waals surface area contributed by atoms with Crippen molar-refractivity contribution >= 4 is 46.9 Å². The van der Waals surface area contributed by atoms with E-state index in [1.54, 1.807) is 12.1 Å². The Labute approximate surface area is 298 Å². The molecule has 0 spiro atoms. The van der Waals surface area contributed by atoms with Gasteiger partial charge in [0.25, 0.3) is 5.91 Å². The maximum absolute atomic E-state index is 13.5. The predicted molar refractivity (Wildman–Crippen MR) is 197 cm³/mol. The van der Waals surface area contributed by atoms with Crippen molar-refractivity contribution in [2.75, 3.05) is 13.1 Å². The molecule has 2 aliphatic rings. The zero-order chi connectivity index (χ0) is 33.2. The number of carboxylic acid groups (broad SMARTS) is 1. The van der Waals surface area contributed by atoms with Crippen LogP contribution < -0.4 is 4.74 Å². The van der Waals surface area contributed by atoms with E-state index < -0.39 is 5.97 Å². The van der Waals surface area contributed by atoms with Gasteiger partial charge in [0.15, 0.2) is 0 Å². The Bertz CT molecular complexity index is 1940. The number of carbonyl (C=O) groups is 2. The Morgan fingerprint density at radius 2 is 1.51 bits per heavy atom. The molecule has 0 unspecified atom stereocenters. The number of imidazole rings is 1. The first-order valence-corrected chi connectivity index (χ1v) is 17.4. The summed E-state index contributed by atoms with van der Waals surface area (Å²) >= 11 is 6.19. The van der Waals surface area contributed by atoms with Crippen molar-refractivity contribution in [2.24, 2.45) is 5.92 Å². The van der Waals surface area contributed by atoms with Crippen LogP contribution >= 0.6 is 24.0 Å². The van der Waals surface area contributed by atoms with Gasteiger partial charge < -0.3 is 19.3 Å². The molecular formula is C40H41Cl2N3O4. The molecule has 0 bridgehead atoms. The number of carboxylic acids is 1. The number of amides is 1. The van der Waals surface area contributed by atoms with E-state index in [9.17, 15) is 14.7 Å². The van der Waals surface area contributed by atoms with Crippen LogP contribution in [0, 0.1) is 5.92 Å². The van der Waals surface area contributed by atoms with Gasteiger partial charge in [0.1, 0.15) is 18.2 Å². The van der Waals surface area contributed by atoms with Crippen molar-refractivity contribution in [2.45, 2.75) is 64.5 Å². The number of aromatic nitrogens is 2. The number of aromatic carboxylic acids is 1. The van der Waals surface area contributed by atoms with Crippen LogP contribution in [-0.4, -0.2) is 44.5 Å². The van der Waals surface area contributed by atoms with Gasteiger partial charge in [0.05, 0.1) is 16.6 Å². The fourth-order valence-corrected chi connectivity index (χ4v) is 7.28. The molecule has 0 radical (unpaired) electrons. The molecule has 7 nitrogen and oxygen atoms in total. The van der Waals surface area contributed by atoms with Crippen molar-refractivity contribution < 1.29 is 19.4 Å². The number of benzene rings is 4. The van der Waals surface area contributed by atoms with Crippen LogP contribution in [0.1, 0.15) is 84.2 Å². The summed E-state index contributed by atoms with van der Waals surface area (Å²) < 4.78 is 8.67. The van der Waals surface area contributed by atoms with Gasteiger partial charge in [-0.25, -0.2) is 9.78 Å².